The van der Waals surface area contributed by atoms with Crippen molar-refractivity contribution in [3.63, 3.8) is 0 Å². The minimum atomic E-state index is -0.657. The minimum Gasteiger partial charge on any atom is -0.344 e. The first-order valence-electron chi connectivity index (χ1n) is 7.59. The van der Waals surface area contributed by atoms with Crippen LogP contribution in [0.25, 0.3) is 0 Å². The Hall–Kier alpha value is -2.18. The van der Waals surface area contributed by atoms with E-state index in [-0.39, 0.29) is 22.6 Å². The first kappa shape index (κ1) is 17.6. The zero-order valence-electron chi connectivity index (χ0n) is 13.1. The highest BCUT2D eigenvalue weighted by molar-refractivity contribution is 8.00. The maximum atomic E-state index is 13.7. The van der Waals surface area contributed by atoms with Gasteiger partial charge in [0.05, 0.1) is 11.8 Å². The molecule has 0 radical (unpaired) electrons. The molecule has 0 aliphatic carbocycles. The number of hydrogen-bond donors (Lipinski definition) is 1. The highest BCUT2D eigenvalue weighted by Crippen LogP contribution is 2.27. The molecule has 0 aliphatic rings. The first-order chi connectivity index (χ1) is 12.1. The second-order valence-corrected chi connectivity index (χ2v) is 7.29. The SMILES string of the molecule is O=C(CSc1ccc(F)cc1F)N[C@H](c1ccccc1)c1cccs1. The molecular formula is C19H15F2NOS2. The van der Waals surface area contributed by atoms with E-state index in [4.69, 9.17) is 0 Å². The number of thioether (sulfide) groups is 1. The van der Waals surface area contributed by atoms with Crippen molar-refractivity contribution in [2.75, 3.05) is 5.75 Å². The molecule has 1 amide bonds. The molecule has 1 heterocycles. The number of rotatable bonds is 6. The minimum absolute atomic E-state index is 0.0528. The molecule has 1 N–H and O–H groups in total. The molecule has 2 nitrogen and oxygen atoms in total. The lowest BCUT2D eigenvalue weighted by Crippen LogP contribution is -2.30. The van der Waals surface area contributed by atoms with Crippen LogP contribution in [-0.4, -0.2) is 11.7 Å². The van der Waals surface area contributed by atoms with E-state index in [0.717, 1.165) is 28.3 Å². The summed E-state index contributed by atoms with van der Waals surface area (Å²) in [5.41, 5.74) is 0.983. The van der Waals surface area contributed by atoms with Gasteiger partial charge in [-0.1, -0.05) is 36.4 Å². The largest absolute Gasteiger partial charge is 0.344 e. The predicted molar refractivity (Wildman–Crippen MR) is 97.8 cm³/mol. The fraction of sp³-hybridized carbons (Fsp3) is 0.105. The van der Waals surface area contributed by atoms with Gasteiger partial charge in [0.2, 0.25) is 5.91 Å². The number of benzene rings is 2. The standard InChI is InChI=1S/C19H15F2NOS2/c20-14-8-9-16(15(21)11-14)25-12-18(23)22-19(17-7-4-10-24-17)13-5-2-1-3-6-13/h1-11,19H,12H2,(H,22,23)/t19-/m1/s1. The van der Waals surface area contributed by atoms with Crippen molar-refractivity contribution in [3.8, 4) is 0 Å². The molecule has 3 aromatic rings. The van der Waals surface area contributed by atoms with Crippen LogP contribution >= 0.6 is 23.1 Å². The summed E-state index contributed by atoms with van der Waals surface area (Å²) in [6, 6.07) is 16.7. The van der Waals surface area contributed by atoms with E-state index >= 15 is 0 Å². The van der Waals surface area contributed by atoms with Crippen molar-refractivity contribution < 1.29 is 13.6 Å². The second-order valence-electron chi connectivity index (χ2n) is 5.29. The van der Waals surface area contributed by atoms with Crippen LogP contribution in [-0.2, 0) is 4.79 Å². The van der Waals surface area contributed by atoms with Crippen molar-refractivity contribution in [3.05, 3.63) is 88.1 Å². The van der Waals surface area contributed by atoms with E-state index in [1.807, 2.05) is 47.8 Å². The van der Waals surface area contributed by atoms with E-state index in [9.17, 15) is 13.6 Å². The van der Waals surface area contributed by atoms with E-state index in [1.54, 1.807) is 11.3 Å². The quantitative estimate of drug-likeness (QED) is 0.613. The average molecular weight is 375 g/mol. The van der Waals surface area contributed by atoms with Gasteiger partial charge < -0.3 is 5.32 Å². The van der Waals surface area contributed by atoms with Crippen molar-refractivity contribution >= 4 is 29.0 Å². The van der Waals surface area contributed by atoms with Gasteiger partial charge in [-0.2, -0.15) is 0 Å². The second kappa shape index (κ2) is 8.27. The van der Waals surface area contributed by atoms with Gasteiger partial charge in [0.25, 0.3) is 0 Å². The Morgan fingerprint density at radius 3 is 2.56 bits per heavy atom. The summed E-state index contributed by atoms with van der Waals surface area (Å²) >= 11 is 2.61. The average Bonchev–Trinajstić information content (AvgIpc) is 3.14. The molecule has 0 bridgehead atoms. The summed E-state index contributed by atoms with van der Waals surface area (Å²) in [6.45, 7) is 0. The summed E-state index contributed by atoms with van der Waals surface area (Å²) in [6.07, 6.45) is 0. The highest BCUT2D eigenvalue weighted by Gasteiger charge is 2.18. The van der Waals surface area contributed by atoms with Crippen LogP contribution in [0, 0.1) is 11.6 Å². The number of carbonyl (C=O) groups is 1. The van der Waals surface area contributed by atoms with E-state index in [0.29, 0.717) is 0 Å². The van der Waals surface area contributed by atoms with Gasteiger partial charge in [-0.25, -0.2) is 8.78 Å². The Morgan fingerprint density at radius 1 is 1.08 bits per heavy atom. The van der Waals surface area contributed by atoms with E-state index < -0.39 is 11.6 Å². The Bertz CT molecular complexity index is 838. The number of halogens is 2. The Kier molecular flexibility index (Phi) is 5.83. The van der Waals surface area contributed by atoms with Crippen LogP contribution in [0.2, 0.25) is 0 Å². The molecule has 128 valence electrons. The van der Waals surface area contributed by atoms with Crippen molar-refractivity contribution in [2.45, 2.75) is 10.9 Å². The summed E-state index contributed by atoms with van der Waals surface area (Å²) < 4.78 is 26.6. The molecule has 1 atom stereocenters. The zero-order valence-corrected chi connectivity index (χ0v) is 14.7. The number of nitrogens with one attached hydrogen (secondary N) is 1. The molecule has 0 spiro atoms. The molecule has 0 aliphatic heterocycles. The third-order valence-electron chi connectivity index (χ3n) is 3.52. The molecule has 3 rings (SSSR count). The third-order valence-corrected chi connectivity index (χ3v) is 5.50. The van der Waals surface area contributed by atoms with Gasteiger partial charge in [-0.05, 0) is 29.1 Å². The van der Waals surface area contributed by atoms with Gasteiger partial charge in [-0.3, -0.25) is 4.79 Å². The number of thiophene rings is 1. The number of amides is 1. The highest BCUT2D eigenvalue weighted by atomic mass is 32.2. The lowest BCUT2D eigenvalue weighted by atomic mass is 10.1. The predicted octanol–water partition coefficient (Wildman–Crippen LogP) is 5.02. The zero-order chi connectivity index (χ0) is 17.6. The Balaban J connectivity index is 1.68. The summed E-state index contributed by atoms with van der Waals surface area (Å²) in [5, 5.41) is 4.95. The normalized spacial score (nSPS) is 11.9. The molecule has 0 saturated heterocycles. The third kappa shape index (κ3) is 4.67. The van der Waals surface area contributed by atoms with Crippen molar-refractivity contribution in [1.82, 2.24) is 5.32 Å². The van der Waals surface area contributed by atoms with E-state index in [2.05, 4.69) is 5.32 Å². The van der Waals surface area contributed by atoms with E-state index in [1.165, 1.54) is 12.1 Å². The topological polar surface area (TPSA) is 29.1 Å². The summed E-state index contributed by atoms with van der Waals surface area (Å²) in [5.74, 6) is -1.45. The van der Waals surface area contributed by atoms with Gasteiger partial charge in [0, 0.05) is 15.8 Å². The smallest absolute Gasteiger partial charge is 0.231 e. The van der Waals surface area contributed by atoms with Crippen LogP contribution in [0.5, 0.6) is 0 Å². The van der Waals surface area contributed by atoms with Gasteiger partial charge in [-0.15, -0.1) is 23.1 Å². The lowest BCUT2D eigenvalue weighted by Gasteiger charge is -2.18. The first-order valence-corrected chi connectivity index (χ1v) is 9.45. The van der Waals surface area contributed by atoms with Crippen LogP contribution < -0.4 is 5.32 Å². The van der Waals surface area contributed by atoms with Crippen molar-refractivity contribution in [2.24, 2.45) is 0 Å². The molecule has 1 aromatic heterocycles. The van der Waals surface area contributed by atoms with Crippen LogP contribution in [0.1, 0.15) is 16.5 Å². The van der Waals surface area contributed by atoms with Crippen molar-refractivity contribution in [1.29, 1.82) is 0 Å². The monoisotopic (exact) mass is 375 g/mol. The molecule has 0 fully saturated rings. The van der Waals surface area contributed by atoms with Gasteiger partial charge in [0.1, 0.15) is 11.6 Å². The fourth-order valence-corrected chi connectivity index (χ4v) is 3.89. The van der Waals surface area contributed by atoms with Gasteiger partial charge >= 0.3 is 0 Å². The molecule has 2 aromatic carbocycles. The number of carbonyl (C=O) groups excluding carboxylic acids is 1. The van der Waals surface area contributed by atoms with Crippen LogP contribution in [0.3, 0.4) is 0 Å². The summed E-state index contributed by atoms with van der Waals surface area (Å²) in [7, 11) is 0. The molecule has 0 unspecified atom stereocenters. The van der Waals surface area contributed by atoms with Crippen LogP contribution in [0.15, 0.2) is 70.9 Å². The summed E-state index contributed by atoms with van der Waals surface area (Å²) in [4.78, 5) is 13.6. The maximum absolute atomic E-state index is 13.7. The molecular weight excluding hydrogens is 360 g/mol. The molecule has 25 heavy (non-hydrogen) atoms. The molecule has 6 heteroatoms. The Labute approximate surface area is 152 Å². The maximum Gasteiger partial charge on any atom is 0.231 e. The Morgan fingerprint density at radius 2 is 1.88 bits per heavy atom. The fourth-order valence-electron chi connectivity index (χ4n) is 2.36. The molecule has 0 saturated carbocycles. The van der Waals surface area contributed by atoms with Crippen LogP contribution in [0.4, 0.5) is 8.78 Å². The number of hydrogen-bond acceptors (Lipinski definition) is 3. The van der Waals surface area contributed by atoms with Gasteiger partial charge in [0.15, 0.2) is 0 Å². The lowest BCUT2D eigenvalue weighted by molar-refractivity contribution is -0.119.